The van der Waals surface area contributed by atoms with E-state index in [1.165, 1.54) is 0 Å². The second-order valence-corrected chi connectivity index (χ2v) is 5.41. The highest BCUT2D eigenvalue weighted by molar-refractivity contribution is 5.93. The molecule has 1 amide bonds. The van der Waals surface area contributed by atoms with Crippen LogP contribution in [0.15, 0.2) is 24.3 Å². The van der Waals surface area contributed by atoms with Crippen LogP contribution in [0.1, 0.15) is 16.2 Å². The largest absolute Gasteiger partial charge is 0.435 e. The van der Waals surface area contributed by atoms with Gasteiger partial charge in [-0.2, -0.15) is 13.2 Å². The van der Waals surface area contributed by atoms with Gasteiger partial charge in [-0.15, -0.1) is 17.5 Å². The molecular formula is C14H14ClF4N5O. The number of rotatable bonds is 4. The van der Waals surface area contributed by atoms with Crippen LogP contribution in [-0.2, 0) is 6.18 Å². The maximum Gasteiger partial charge on any atom is 0.435 e. The number of carbonyl (C=O) groups excluding carboxylic acids is 1. The van der Waals surface area contributed by atoms with Gasteiger partial charge in [0.1, 0.15) is 5.82 Å². The Morgan fingerprint density at radius 2 is 1.92 bits per heavy atom. The lowest BCUT2D eigenvalue weighted by Gasteiger charge is -2.26. The van der Waals surface area contributed by atoms with Gasteiger partial charge in [-0.1, -0.05) is 5.21 Å². The van der Waals surface area contributed by atoms with E-state index in [0.717, 1.165) is 24.3 Å². The number of carbonyl (C=O) groups is 1. The molecule has 1 aliphatic heterocycles. The molecule has 136 valence electrons. The van der Waals surface area contributed by atoms with Crippen LogP contribution < -0.4 is 10.6 Å². The number of benzene rings is 1. The van der Waals surface area contributed by atoms with Gasteiger partial charge in [-0.25, -0.2) is 9.07 Å². The highest BCUT2D eigenvalue weighted by atomic mass is 35.5. The van der Waals surface area contributed by atoms with Crippen molar-refractivity contribution >= 4 is 18.3 Å². The number of hydrogen-bond acceptors (Lipinski definition) is 4. The monoisotopic (exact) mass is 379 g/mol. The molecule has 1 fully saturated rings. The molecule has 2 aromatic rings. The molecule has 25 heavy (non-hydrogen) atoms. The number of aromatic nitrogens is 3. The fourth-order valence-electron chi connectivity index (χ4n) is 2.27. The van der Waals surface area contributed by atoms with Gasteiger partial charge in [0.05, 0.1) is 5.69 Å². The van der Waals surface area contributed by atoms with Gasteiger partial charge in [0.15, 0.2) is 11.4 Å². The van der Waals surface area contributed by atoms with E-state index in [-0.39, 0.29) is 30.6 Å². The maximum atomic E-state index is 13.4. The van der Waals surface area contributed by atoms with Crippen LogP contribution in [0.2, 0.25) is 0 Å². The Balaban J connectivity index is 0.00000225. The third kappa shape index (κ3) is 4.07. The van der Waals surface area contributed by atoms with Crippen LogP contribution in [0.4, 0.5) is 17.6 Å². The minimum Gasteiger partial charge on any atom is -0.350 e. The van der Waals surface area contributed by atoms with E-state index in [4.69, 9.17) is 0 Å². The van der Waals surface area contributed by atoms with Crippen molar-refractivity contribution in [3.8, 4) is 5.69 Å². The molecule has 3 rings (SSSR count). The molecule has 0 saturated carbocycles. The lowest BCUT2D eigenvalue weighted by atomic mass is 10.0. The first-order valence-corrected chi connectivity index (χ1v) is 7.14. The molecular weight excluding hydrogens is 366 g/mol. The molecule has 1 saturated heterocycles. The lowest BCUT2D eigenvalue weighted by molar-refractivity contribution is -0.143. The van der Waals surface area contributed by atoms with Crippen molar-refractivity contribution in [2.75, 3.05) is 19.6 Å². The molecule has 2 heterocycles. The molecule has 0 bridgehead atoms. The first kappa shape index (κ1) is 19.1. The Labute approximate surface area is 146 Å². The molecule has 0 radical (unpaired) electrons. The molecule has 1 aromatic carbocycles. The number of amides is 1. The predicted octanol–water partition coefficient (Wildman–Crippen LogP) is 1.80. The normalized spacial score (nSPS) is 14.6. The van der Waals surface area contributed by atoms with Gasteiger partial charge < -0.3 is 10.6 Å². The van der Waals surface area contributed by atoms with E-state index in [1.807, 2.05) is 0 Å². The molecule has 1 aromatic heterocycles. The molecule has 2 N–H and O–H groups in total. The van der Waals surface area contributed by atoms with E-state index in [1.54, 1.807) is 0 Å². The van der Waals surface area contributed by atoms with Crippen LogP contribution in [0, 0.1) is 11.7 Å². The highest BCUT2D eigenvalue weighted by Gasteiger charge is 2.42. The van der Waals surface area contributed by atoms with Crippen LogP contribution in [-0.4, -0.2) is 40.5 Å². The van der Waals surface area contributed by atoms with Crippen LogP contribution in [0.3, 0.4) is 0 Å². The topological polar surface area (TPSA) is 71.8 Å². The van der Waals surface area contributed by atoms with Gasteiger partial charge in [-0.3, -0.25) is 4.79 Å². The van der Waals surface area contributed by atoms with Crippen LogP contribution >= 0.6 is 12.4 Å². The number of hydrogen-bond donors (Lipinski definition) is 2. The summed E-state index contributed by atoms with van der Waals surface area (Å²) in [5.41, 5.74) is -2.14. The quantitative estimate of drug-likeness (QED) is 0.795. The van der Waals surface area contributed by atoms with Crippen molar-refractivity contribution in [3.05, 3.63) is 41.5 Å². The summed E-state index contributed by atoms with van der Waals surface area (Å²) in [4.78, 5) is 12.0. The van der Waals surface area contributed by atoms with E-state index in [2.05, 4.69) is 20.9 Å². The number of nitrogens with zero attached hydrogens (tertiary/aromatic N) is 3. The summed E-state index contributed by atoms with van der Waals surface area (Å²) in [6.45, 7) is 1.66. The van der Waals surface area contributed by atoms with E-state index in [9.17, 15) is 22.4 Å². The van der Waals surface area contributed by atoms with Gasteiger partial charge in [0.2, 0.25) is 0 Å². The zero-order valence-electron chi connectivity index (χ0n) is 12.7. The average Bonchev–Trinajstić information content (AvgIpc) is 2.91. The zero-order chi connectivity index (χ0) is 17.3. The molecule has 0 atom stereocenters. The highest BCUT2D eigenvalue weighted by Crippen LogP contribution is 2.32. The third-order valence-corrected chi connectivity index (χ3v) is 3.64. The zero-order valence-corrected chi connectivity index (χ0v) is 13.5. The first-order chi connectivity index (χ1) is 11.4. The fraction of sp³-hybridized carbons (Fsp3) is 0.357. The van der Waals surface area contributed by atoms with Gasteiger partial charge in [0.25, 0.3) is 5.91 Å². The average molecular weight is 380 g/mol. The van der Waals surface area contributed by atoms with Crippen molar-refractivity contribution in [2.24, 2.45) is 5.92 Å². The SMILES string of the molecule is Cl.O=C(NCC1CNC1)c1nnn(-c2ccc(F)cc2)c1C(F)(F)F. The van der Waals surface area contributed by atoms with Crippen molar-refractivity contribution in [1.29, 1.82) is 0 Å². The van der Waals surface area contributed by atoms with Crippen molar-refractivity contribution < 1.29 is 22.4 Å². The Hall–Kier alpha value is -2.20. The summed E-state index contributed by atoms with van der Waals surface area (Å²) < 4.78 is 53.6. The maximum absolute atomic E-state index is 13.4. The smallest absolute Gasteiger partial charge is 0.350 e. The Bertz CT molecular complexity index is 743. The van der Waals surface area contributed by atoms with E-state index in [0.29, 0.717) is 17.8 Å². The van der Waals surface area contributed by atoms with Gasteiger partial charge in [0, 0.05) is 25.6 Å². The molecule has 11 heteroatoms. The summed E-state index contributed by atoms with van der Waals surface area (Å²) in [6, 6.07) is 4.25. The summed E-state index contributed by atoms with van der Waals surface area (Å²) in [6.07, 6.45) is -4.84. The summed E-state index contributed by atoms with van der Waals surface area (Å²) >= 11 is 0. The molecule has 6 nitrogen and oxygen atoms in total. The first-order valence-electron chi connectivity index (χ1n) is 7.14. The summed E-state index contributed by atoms with van der Waals surface area (Å²) in [5.74, 6) is -1.35. The second-order valence-electron chi connectivity index (χ2n) is 5.41. The lowest BCUT2D eigenvalue weighted by Crippen LogP contribution is -2.48. The third-order valence-electron chi connectivity index (χ3n) is 3.64. The molecule has 0 spiro atoms. The summed E-state index contributed by atoms with van der Waals surface area (Å²) in [5, 5.41) is 12.2. The van der Waals surface area contributed by atoms with Crippen molar-refractivity contribution in [1.82, 2.24) is 25.6 Å². The Morgan fingerprint density at radius 1 is 1.28 bits per heavy atom. The number of alkyl halides is 3. The summed E-state index contributed by atoms with van der Waals surface area (Å²) in [7, 11) is 0. The van der Waals surface area contributed by atoms with Gasteiger partial charge >= 0.3 is 6.18 Å². The van der Waals surface area contributed by atoms with E-state index < -0.39 is 29.3 Å². The number of nitrogens with one attached hydrogen (secondary N) is 2. The van der Waals surface area contributed by atoms with Crippen molar-refractivity contribution in [3.63, 3.8) is 0 Å². The molecule has 1 aliphatic rings. The Morgan fingerprint density at radius 3 is 2.44 bits per heavy atom. The minimum atomic E-state index is -4.84. The fourth-order valence-corrected chi connectivity index (χ4v) is 2.27. The number of halogens is 5. The Kier molecular flexibility index (Phi) is 5.63. The van der Waals surface area contributed by atoms with Crippen LogP contribution in [0.25, 0.3) is 5.69 Å². The second kappa shape index (κ2) is 7.36. The van der Waals surface area contributed by atoms with E-state index >= 15 is 0 Å². The van der Waals surface area contributed by atoms with Gasteiger partial charge in [-0.05, 0) is 24.3 Å². The standard InChI is InChI=1S/C14H13F4N5O.ClH/c15-9-1-3-10(4-2-9)23-12(14(16,17)18)11(21-22-23)13(24)20-7-8-5-19-6-8;/h1-4,8,19H,5-7H2,(H,20,24);1H. The molecule has 0 aliphatic carbocycles. The van der Waals surface area contributed by atoms with Crippen molar-refractivity contribution in [2.45, 2.75) is 6.18 Å². The minimum absolute atomic E-state index is 0. The molecule has 0 unspecified atom stereocenters. The van der Waals surface area contributed by atoms with Crippen LogP contribution in [0.5, 0.6) is 0 Å². The predicted molar refractivity (Wildman–Crippen MR) is 82.3 cm³/mol.